The summed E-state index contributed by atoms with van der Waals surface area (Å²) in [6, 6.07) is 11.7. The Hall–Kier alpha value is -2.07. The molecule has 1 atom stereocenters. The molecule has 3 rings (SSSR count). The van der Waals surface area contributed by atoms with Crippen LogP contribution in [0.1, 0.15) is 33.4 Å². The molecule has 1 unspecified atom stereocenters. The highest BCUT2D eigenvalue weighted by atomic mass is 16.4. The van der Waals surface area contributed by atoms with Gasteiger partial charge in [0.25, 0.3) is 5.91 Å². The number of amides is 1. The zero-order valence-electron chi connectivity index (χ0n) is 10.6. The van der Waals surface area contributed by atoms with Crippen molar-refractivity contribution in [2.45, 2.75) is 18.9 Å². The highest BCUT2D eigenvalue weighted by Crippen LogP contribution is 2.33. The van der Waals surface area contributed by atoms with Crippen LogP contribution < -0.4 is 11.1 Å². The standard InChI is InChI=1S/C15H16N2O2/c16-8-12-5-6-14(19-12)15(18)17-9-11-7-10-3-1-2-4-13(10)11/h1-6,11H,7-9,16H2,(H,17,18). The van der Waals surface area contributed by atoms with Crippen molar-refractivity contribution >= 4 is 5.91 Å². The Morgan fingerprint density at radius 1 is 1.32 bits per heavy atom. The lowest BCUT2D eigenvalue weighted by atomic mass is 9.77. The predicted octanol–water partition coefficient (Wildman–Crippen LogP) is 1.81. The molecule has 19 heavy (non-hydrogen) atoms. The third-order valence-corrected chi connectivity index (χ3v) is 3.56. The van der Waals surface area contributed by atoms with Gasteiger partial charge in [0, 0.05) is 12.5 Å². The maximum absolute atomic E-state index is 11.9. The fourth-order valence-corrected chi connectivity index (χ4v) is 2.46. The second kappa shape index (κ2) is 4.90. The SMILES string of the molecule is NCc1ccc(C(=O)NCC2Cc3ccccc32)o1. The van der Waals surface area contributed by atoms with Crippen molar-refractivity contribution in [1.29, 1.82) is 0 Å². The number of hydrogen-bond donors (Lipinski definition) is 2. The molecule has 1 aliphatic rings. The van der Waals surface area contributed by atoms with E-state index in [2.05, 4.69) is 17.4 Å². The molecule has 1 aromatic heterocycles. The summed E-state index contributed by atoms with van der Waals surface area (Å²) in [4.78, 5) is 11.9. The van der Waals surface area contributed by atoms with Crippen LogP contribution in [0, 0.1) is 0 Å². The molecule has 4 nitrogen and oxygen atoms in total. The number of furan rings is 1. The minimum absolute atomic E-state index is 0.177. The molecule has 0 spiro atoms. The van der Waals surface area contributed by atoms with E-state index in [4.69, 9.17) is 10.2 Å². The molecule has 3 N–H and O–H groups in total. The Morgan fingerprint density at radius 3 is 2.89 bits per heavy atom. The summed E-state index contributed by atoms with van der Waals surface area (Å²) >= 11 is 0. The molecule has 0 radical (unpaired) electrons. The summed E-state index contributed by atoms with van der Waals surface area (Å²) in [5.41, 5.74) is 8.16. The number of fused-ring (bicyclic) bond motifs is 1. The number of carbonyl (C=O) groups excluding carboxylic acids is 1. The Balaban J connectivity index is 1.58. The summed E-state index contributed by atoms with van der Waals surface area (Å²) in [7, 11) is 0. The zero-order valence-corrected chi connectivity index (χ0v) is 10.6. The van der Waals surface area contributed by atoms with E-state index in [0.29, 0.717) is 30.5 Å². The summed E-state index contributed by atoms with van der Waals surface area (Å²) in [5, 5.41) is 2.91. The first-order valence-corrected chi connectivity index (χ1v) is 6.42. The number of nitrogens with one attached hydrogen (secondary N) is 1. The second-order valence-corrected chi connectivity index (χ2v) is 4.78. The lowest BCUT2D eigenvalue weighted by Crippen LogP contribution is -2.32. The van der Waals surface area contributed by atoms with Crippen LogP contribution in [-0.4, -0.2) is 12.5 Å². The molecule has 1 aliphatic carbocycles. The average Bonchev–Trinajstić information content (AvgIpc) is 2.88. The molecular weight excluding hydrogens is 240 g/mol. The number of carbonyl (C=O) groups is 1. The molecule has 0 fully saturated rings. The quantitative estimate of drug-likeness (QED) is 0.876. The molecule has 2 aromatic rings. The first-order chi connectivity index (χ1) is 9.28. The van der Waals surface area contributed by atoms with E-state index in [1.165, 1.54) is 11.1 Å². The number of rotatable bonds is 4. The predicted molar refractivity (Wildman–Crippen MR) is 71.8 cm³/mol. The number of benzene rings is 1. The summed E-state index contributed by atoms with van der Waals surface area (Å²) in [5.74, 6) is 1.19. The van der Waals surface area contributed by atoms with E-state index >= 15 is 0 Å². The second-order valence-electron chi connectivity index (χ2n) is 4.78. The van der Waals surface area contributed by atoms with Crippen molar-refractivity contribution in [3.8, 4) is 0 Å². The molecule has 0 bridgehead atoms. The van der Waals surface area contributed by atoms with Gasteiger partial charge in [-0.15, -0.1) is 0 Å². The van der Waals surface area contributed by atoms with E-state index in [9.17, 15) is 4.79 Å². The van der Waals surface area contributed by atoms with Crippen LogP contribution in [0.25, 0.3) is 0 Å². The van der Waals surface area contributed by atoms with Gasteiger partial charge in [-0.25, -0.2) is 0 Å². The molecule has 98 valence electrons. The van der Waals surface area contributed by atoms with Gasteiger partial charge >= 0.3 is 0 Å². The Kier molecular flexibility index (Phi) is 3.09. The number of nitrogens with two attached hydrogens (primary N) is 1. The third-order valence-electron chi connectivity index (χ3n) is 3.56. The van der Waals surface area contributed by atoms with E-state index in [-0.39, 0.29) is 5.91 Å². The van der Waals surface area contributed by atoms with Gasteiger partial charge in [0.05, 0.1) is 6.54 Å². The summed E-state index contributed by atoms with van der Waals surface area (Å²) in [6.45, 7) is 0.956. The van der Waals surface area contributed by atoms with Crippen molar-refractivity contribution in [2.24, 2.45) is 5.73 Å². The monoisotopic (exact) mass is 256 g/mol. The lowest BCUT2D eigenvalue weighted by Gasteiger charge is -2.30. The lowest BCUT2D eigenvalue weighted by molar-refractivity contribution is 0.0920. The van der Waals surface area contributed by atoms with E-state index in [1.807, 2.05) is 12.1 Å². The van der Waals surface area contributed by atoms with Crippen LogP contribution in [-0.2, 0) is 13.0 Å². The minimum atomic E-state index is -0.177. The van der Waals surface area contributed by atoms with E-state index in [1.54, 1.807) is 12.1 Å². The van der Waals surface area contributed by atoms with Gasteiger partial charge < -0.3 is 15.5 Å². The van der Waals surface area contributed by atoms with E-state index < -0.39 is 0 Å². The topological polar surface area (TPSA) is 68.3 Å². The molecule has 1 aromatic carbocycles. The van der Waals surface area contributed by atoms with Gasteiger partial charge in [-0.05, 0) is 29.7 Å². The fraction of sp³-hybridized carbons (Fsp3) is 0.267. The molecule has 0 saturated heterocycles. The normalized spacial score (nSPS) is 16.6. The van der Waals surface area contributed by atoms with Crippen molar-refractivity contribution < 1.29 is 9.21 Å². The van der Waals surface area contributed by atoms with Crippen molar-refractivity contribution in [3.63, 3.8) is 0 Å². The maximum Gasteiger partial charge on any atom is 0.287 e. The molecule has 4 heteroatoms. The van der Waals surface area contributed by atoms with E-state index in [0.717, 1.165) is 6.42 Å². The Bertz CT molecular complexity index is 604. The fourth-order valence-electron chi connectivity index (χ4n) is 2.46. The highest BCUT2D eigenvalue weighted by Gasteiger charge is 2.25. The van der Waals surface area contributed by atoms with Crippen molar-refractivity contribution in [2.75, 3.05) is 6.54 Å². The van der Waals surface area contributed by atoms with Gasteiger partial charge in [0.15, 0.2) is 5.76 Å². The zero-order chi connectivity index (χ0) is 13.2. The summed E-state index contributed by atoms with van der Waals surface area (Å²) in [6.07, 6.45) is 1.03. The highest BCUT2D eigenvalue weighted by molar-refractivity contribution is 5.91. The van der Waals surface area contributed by atoms with Crippen LogP contribution in [0.15, 0.2) is 40.8 Å². The third kappa shape index (κ3) is 2.27. The smallest absolute Gasteiger partial charge is 0.287 e. The Morgan fingerprint density at radius 2 is 2.16 bits per heavy atom. The average molecular weight is 256 g/mol. The number of hydrogen-bond acceptors (Lipinski definition) is 3. The van der Waals surface area contributed by atoms with Gasteiger partial charge in [-0.1, -0.05) is 24.3 Å². The van der Waals surface area contributed by atoms with Crippen LogP contribution in [0.3, 0.4) is 0 Å². The largest absolute Gasteiger partial charge is 0.455 e. The van der Waals surface area contributed by atoms with Crippen LogP contribution in [0.5, 0.6) is 0 Å². The maximum atomic E-state index is 11.9. The minimum Gasteiger partial charge on any atom is -0.455 e. The van der Waals surface area contributed by atoms with Gasteiger partial charge in [0.2, 0.25) is 0 Å². The van der Waals surface area contributed by atoms with Gasteiger partial charge in [-0.2, -0.15) is 0 Å². The molecular formula is C15H16N2O2. The van der Waals surface area contributed by atoms with Crippen molar-refractivity contribution in [3.05, 3.63) is 59.0 Å². The van der Waals surface area contributed by atoms with Gasteiger partial charge in [0.1, 0.15) is 5.76 Å². The van der Waals surface area contributed by atoms with Crippen LogP contribution >= 0.6 is 0 Å². The van der Waals surface area contributed by atoms with Crippen LogP contribution in [0.4, 0.5) is 0 Å². The molecule has 0 aliphatic heterocycles. The molecule has 0 saturated carbocycles. The Labute approximate surface area is 111 Å². The molecule has 1 amide bonds. The first kappa shape index (κ1) is 12.0. The molecule has 1 heterocycles. The van der Waals surface area contributed by atoms with Gasteiger partial charge in [-0.3, -0.25) is 4.79 Å². The van der Waals surface area contributed by atoms with Crippen LogP contribution in [0.2, 0.25) is 0 Å². The first-order valence-electron chi connectivity index (χ1n) is 6.42. The summed E-state index contributed by atoms with van der Waals surface area (Å²) < 4.78 is 5.31. The van der Waals surface area contributed by atoms with Crippen molar-refractivity contribution in [1.82, 2.24) is 5.32 Å².